The van der Waals surface area contributed by atoms with E-state index in [-0.39, 0.29) is 17.7 Å². The molecule has 8 nitrogen and oxygen atoms in total. The molecule has 5 rings (SSSR count). The molecule has 0 saturated heterocycles. The van der Waals surface area contributed by atoms with Gasteiger partial charge in [0.2, 0.25) is 11.8 Å². The number of benzene rings is 3. The molecule has 0 bridgehead atoms. The summed E-state index contributed by atoms with van der Waals surface area (Å²) in [6.45, 7) is 0. The molecule has 0 radical (unpaired) electrons. The van der Waals surface area contributed by atoms with Crippen LogP contribution in [-0.2, 0) is 4.79 Å². The molecule has 1 amide bonds. The van der Waals surface area contributed by atoms with Gasteiger partial charge in [0.25, 0.3) is 0 Å². The van der Waals surface area contributed by atoms with Gasteiger partial charge in [-0.3, -0.25) is 9.80 Å². The Morgan fingerprint density at radius 2 is 1.79 bits per heavy atom. The SMILES string of the molecule is COc1ccc(C2=NN(C(N)SCC(=O)Nc3ccccc3)C(c3cc4ccccc4nc3OC)C2)cc1. The van der Waals surface area contributed by atoms with E-state index in [1.165, 1.54) is 11.8 Å². The van der Waals surface area contributed by atoms with Crippen LogP contribution in [0.15, 0.2) is 90.0 Å². The van der Waals surface area contributed by atoms with Crippen molar-refractivity contribution in [3.8, 4) is 11.6 Å². The number of amides is 1. The van der Waals surface area contributed by atoms with Gasteiger partial charge in [-0.2, -0.15) is 5.10 Å². The molecule has 2 heterocycles. The summed E-state index contributed by atoms with van der Waals surface area (Å²) in [6, 6.07) is 26.9. The number of nitrogens with one attached hydrogen (secondary N) is 1. The van der Waals surface area contributed by atoms with E-state index in [0.717, 1.165) is 39.2 Å². The smallest absolute Gasteiger partial charge is 0.234 e. The van der Waals surface area contributed by atoms with Crippen LogP contribution in [0.1, 0.15) is 23.6 Å². The number of carbonyl (C=O) groups excluding carboxylic acids is 1. The third-order valence-electron chi connectivity index (χ3n) is 6.34. The van der Waals surface area contributed by atoms with Gasteiger partial charge in [0.15, 0.2) is 0 Å². The van der Waals surface area contributed by atoms with Gasteiger partial charge in [-0.05, 0) is 54.1 Å². The maximum atomic E-state index is 12.6. The molecule has 1 aromatic heterocycles. The average molecular weight is 528 g/mol. The topological polar surface area (TPSA) is 102 Å². The van der Waals surface area contributed by atoms with Gasteiger partial charge in [0, 0.05) is 23.1 Å². The van der Waals surface area contributed by atoms with Crippen molar-refractivity contribution in [3.63, 3.8) is 0 Å². The van der Waals surface area contributed by atoms with E-state index in [0.29, 0.717) is 12.3 Å². The molecule has 0 aliphatic carbocycles. The molecule has 0 fully saturated rings. The summed E-state index contributed by atoms with van der Waals surface area (Å²) in [5, 5.41) is 10.7. The van der Waals surface area contributed by atoms with Crippen LogP contribution in [0.4, 0.5) is 5.69 Å². The number of methoxy groups -OCH3 is 2. The predicted molar refractivity (Wildman–Crippen MR) is 153 cm³/mol. The molecule has 194 valence electrons. The van der Waals surface area contributed by atoms with Gasteiger partial charge >= 0.3 is 0 Å². The van der Waals surface area contributed by atoms with Crippen LogP contribution in [0.3, 0.4) is 0 Å². The van der Waals surface area contributed by atoms with Crippen LogP contribution in [0.5, 0.6) is 11.6 Å². The molecule has 0 spiro atoms. The number of nitrogens with zero attached hydrogens (tertiary/aromatic N) is 3. The number of thioether (sulfide) groups is 1. The minimum atomic E-state index is -0.576. The van der Waals surface area contributed by atoms with Crippen molar-refractivity contribution in [2.24, 2.45) is 10.8 Å². The maximum absolute atomic E-state index is 12.6. The Hall–Kier alpha value is -4.08. The number of rotatable bonds is 9. The largest absolute Gasteiger partial charge is 0.497 e. The Labute approximate surface area is 225 Å². The van der Waals surface area contributed by atoms with Crippen LogP contribution in [0.25, 0.3) is 10.9 Å². The third-order valence-corrected chi connectivity index (χ3v) is 7.32. The first-order valence-electron chi connectivity index (χ1n) is 12.2. The van der Waals surface area contributed by atoms with E-state index in [1.54, 1.807) is 14.2 Å². The van der Waals surface area contributed by atoms with E-state index in [1.807, 2.05) is 83.9 Å². The number of anilines is 1. The summed E-state index contributed by atoms with van der Waals surface area (Å²) in [5.74, 6) is 1.36. The lowest BCUT2D eigenvalue weighted by molar-refractivity contribution is -0.113. The summed E-state index contributed by atoms with van der Waals surface area (Å²) < 4.78 is 11.0. The molecule has 0 saturated carbocycles. The van der Waals surface area contributed by atoms with Crippen molar-refractivity contribution < 1.29 is 14.3 Å². The Morgan fingerprint density at radius 1 is 1.05 bits per heavy atom. The van der Waals surface area contributed by atoms with Gasteiger partial charge in [-0.25, -0.2) is 4.98 Å². The first-order chi connectivity index (χ1) is 18.6. The molecule has 9 heteroatoms. The molecule has 4 aromatic rings. The lowest BCUT2D eigenvalue weighted by Gasteiger charge is -2.29. The number of hydrogen-bond acceptors (Lipinski definition) is 8. The fraction of sp³-hybridized carbons (Fsp3) is 0.207. The summed E-state index contributed by atoms with van der Waals surface area (Å²) in [7, 11) is 3.26. The Kier molecular flexibility index (Phi) is 7.76. The van der Waals surface area contributed by atoms with E-state index in [9.17, 15) is 4.79 Å². The van der Waals surface area contributed by atoms with Crippen molar-refractivity contribution >= 4 is 40.0 Å². The number of ether oxygens (including phenoxy) is 2. The number of para-hydroxylation sites is 2. The fourth-order valence-corrected chi connectivity index (χ4v) is 5.19. The zero-order valence-electron chi connectivity index (χ0n) is 21.2. The van der Waals surface area contributed by atoms with Crippen molar-refractivity contribution in [2.75, 3.05) is 25.3 Å². The van der Waals surface area contributed by atoms with E-state index >= 15 is 0 Å². The Morgan fingerprint density at radius 3 is 2.53 bits per heavy atom. The number of hydrazone groups is 1. The van der Waals surface area contributed by atoms with Gasteiger partial charge < -0.3 is 20.5 Å². The normalized spacial score (nSPS) is 15.7. The van der Waals surface area contributed by atoms with E-state index < -0.39 is 5.50 Å². The number of pyridine rings is 1. The number of carbonyl (C=O) groups is 1. The fourth-order valence-electron chi connectivity index (χ4n) is 4.45. The maximum Gasteiger partial charge on any atom is 0.234 e. The highest BCUT2D eigenvalue weighted by Crippen LogP contribution is 2.40. The monoisotopic (exact) mass is 527 g/mol. The first-order valence-corrected chi connectivity index (χ1v) is 13.3. The van der Waals surface area contributed by atoms with Crippen LogP contribution in [0, 0.1) is 0 Å². The lowest BCUT2D eigenvalue weighted by Crippen LogP contribution is -2.37. The number of aromatic nitrogens is 1. The molecule has 38 heavy (non-hydrogen) atoms. The van der Waals surface area contributed by atoms with Gasteiger partial charge in [0.05, 0.1) is 37.2 Å². The molecule has 1 aliphatic heterocycles. The summed E-state index contributed by atoms with van der Waals surface area (Å²) >= 11 is 1.32. The Bertz CT molecular complexity index is 1450. The standard InChI is InChI=1S/C29H29N5O3S/c1-36-22-14-12-19(13-15-22)25-17-26(23-16-20-8-6-7-11-24(20)32-28(23)37-2)34(33-25)29(30)38-18-27(35)31-21-9-4-3-5-10-21/h3-16,26,29H,17-18,30H2,1-2H3,(H,31,35). The van der Waals surface area contributed by atoms with Crippen LogP contribution >= 0.6 is 11.8 Å². The Balaban J connectivity index is 1.42. The van der Waals surface area contributed by atoms with Gasteiger partial charge in [-0.1, -0.05) is 36.4 Å². The molecule has 2 unspecified atom stereocenters. The van der Waals surface area contributed by atoms with Gasteiger partial charge in [0.1, 0.15) is 11.2 Å². The minimum Gasteiger partial charge on any atom is -0.497 e. The average Bonchev–Trinajstić information content (AvgIpc) is 3.41. The molecular formula is C29H29N5O3S. The van der Waals surface area contributed by atoms with E-state index in [2.05, 4.69) is 11.4 Å². The number of fused-ring (bicyclic) bond motifs is 1. The molecular weight excluding hydrogens is 498 g/mol. The number of nitrogens with two attached hydrogens (primary N) is 1. The second-order valence-electron chi connectivity index (χ2n) is 8.77. The van der Waals surface area contributed by atoms with E-state index in [4.69, 9.17) is 25.3 Å². The van der Waals surface area contributed by atoms with Crippen molar-refractivity contribution in [1.29, 1.82) is 0 Å². The van der Waals surface area contributed by atoms with Crippen LogP contribution < -0.4 is 20.5 Å². The van der Waals surface area contributed by atoms with Crippen molar-refractivity contribution in [2.45, 2.75) is 18.0 Å². The second-order valence-corrected chi connectivity index (χ2v) is 9.88. The molecule has 3 aromatic carbocycles. The zero-order chi connectivity index (χ0) is 26.5. The first kappa shape index (κ1) is 25.6. The highest BCUT2D eigenvalue weighted by Gasteiger charge is 2.35. The van der Waals surface area contributed by atoms with Crippen molar-refractivity contribution in [1.82, 2.24) is 9.99 Å². The van der Waals surface area contributed by atoms with Gasteiger partial charge in [-0.15, -0.1) is 11.8 Å². The molecule has 2 atom stereocenters. The third kappa shape index (κ3) is 5.58. The highest BCUT2D eigenvalue weighted by molar-refractivity contribution is 8.00. The molecule has 1 aliphatic rings. The lowest BCUT2D eigenvalue weighted by atomic mass is 9.98. The number of hydrogen-bond donors (Lipinski definition) is 2. The van der Waals surface area contributed by atoms with Crippen molar-refractivity contribution in [3.05, 3.63) is 96.1 Å². The van der Waals surface area contributed by atoms with Crippen LogP contribution in [-0.4, -0.2) is 47.1 Å². The molecule has 3 N–H and O–H groups in total. The minimum absolute atomic E-state index is 0.128. The highest BCUT2D eigenvalue weighted by atomic mass is 32.2. The predicted octanol–water partition coefficient (Wildman–Crippen LogP) is 5.02. The summed E-state index contributed by atoms with van der Waals surface area (Å²) in [5.41, 5.74) is 10.4. The summed E-state index contributed by atoms with van der Waals surface area (Å²) in [4.78, 5) is 17.3. The zero-order valence-corrected chi connectivity index (χ0v) is 22.0. The quantitative estimate of drug-likeness (QED) is 0.295. The van der Waals surface area contributed by atoms with Crippen LogP contribution in [0.2, 0.25) is 0 Å². The summed E-state index contributed by atoms with van der Waals surface area (Å²) in [6.07, 6.45) is 0.604. The second kappa shape index (κ2) is 11.5.